The van der Waals surface area contributed by atoms with Crippen LogP contribution in [0.1, 0.15) is 31.9 Å². The highest BCUT2D eigenvalue weighted by Crippen LogP contribution is 2.42. The summed E-state index contributed by atoms with van der Waals surface area (Å²) in [5.41, 5.74) is 0.294. The SMILES string of the molecule is C\C=C/C=C(C)/C(C)=C(/c1ccc(C)cc1OC=O)C(F)(F)F. The average Bonchev–Trinajstić information content (AvgIpc) is 2.46. The average molecular weight is 324 g/mol. The first-order valence-corrected chi connectivity index (χ1v) is 7.01. The van der Waals surface area contributed by atoms with Crippen molar-refractivity contribution < 1.29 is 22.7 Å². The number of carbonyl (C=O) groups excluding carboxylic acids is 1. The van der Waals surface area contributed by atoms with Crippen molar-refractivity contribution in [2.45, 2.75) is 33.9 Å². The van der Waals surface area contributed by atoms with Gasteiger partial charge < -0.3 is 4.74 Å². The van der Waals surface area contributed by atoms with E-state index in [9.17, 15) is 18.0 Å². The Morgan fingerprint density at radius 1 is 1.22 bits per heavy atom. The van der Waals surface area contributed by atoms with E-state index >= 15 is 0 Å². The van der Waals surface area contributed by atoms with E-state index in [0.717, 1.165) is 0 Å². The van der Waals surface area contributed by atoms with E-state index in [1.54, 1.807) is 45.1 Å². The van der Waals surface area contributed by atoms with Gasteiger partial charge in [0.1, 0.15) is 5.75 Å². The summed E-state index contributed by atoms with van der Waals surface area (Å²) in [6, 6.07) is 4.29. The zero-order valence-electron chi connectivity index (χ0n) is 13.5. The van der Waals surface area contributed by atoms with E-state index in [1.807, 2.05) is 0 Å². The molecule has 0 bridgehead atoms. The molecule has 1 aromatic rings. The van der Waals surface area contributed by atoms with E-state index in [1.165, 1.54) is 19.1 Å². The van der Waals surface area contributed by atoms with Gasteiger partial charge >= 0.3 is 6.18 Å². The van der Waals surface area contributed by atoms with Crippen LogP contribution >= 0.6 is 0 Å². The van der Waals surface area contributed by atoms with Crippen LogP contribution in [0.15, 0.2) is 47.6 Å². The van der Waals surface area contributed by atoms with Gasteiger partial charge in [-0.1, -0.05) is 30.4 Å². The molecule has 0 atom stereocenters. The number of hydrogen-bond acceptors (Lipinski definition) is 2. The van der Waals surface area contributed by atoms with E-state index in [2.05, 4.69) is 0 Å². The highest BCUT2D eigenvalue weighted by molar-refractivity contribution is 5.79. The molecule has 0 radical (unpaired) electrons. The Hall–Kier alpha value is -2.30. The summed E-state index contributed by atoms with van der Waals surface area (Å²) >= 11 is 0. The molecule has 1 aromatic carbocycles. The van der Waals surface area contributed by atoms with Crippen molar-refractivity contribution in [3.05, 3.63) is 58.7 Å². The van der Waals surface area contributed by atoms with Crippen LogP contribution in [0.25, 0.3) is 5.57 Å². The van der Waals surface area contributed by atoms with Crippen LogP contribution in [0.2, 0.25) is 0 Å². The van der Waals surface area contributed by atoms with Crippen molar-refractivity contribution in [3.63, 3.8) is 0 Å². The Morgan fingerprint density at radius 3 is 2.39 bits per heavy atom. The molecule has 2 nitrogen and oxygen atoms in total. The lowest BCUT2D eigenvalue weighted by molar-refractivity contribution is -0.120. The molecule has 5 heteroatoms. The van der Waals surface area contributed by atoms with Crippen LogP contribution in [0, 0.1) is 6.92 Å². The number of rotatable bonds is 5. The Labute approximate surface area is 134 Å². The topological polar surface area (TPSA) is 26.3 Å². The zero-order valence-corrected chi connectivity index (χ0v) is 13.5. The second kappa shape index (κ2) is 7.81. The first kappa shape index (κ1) is 18.7. The Morgan fingerprint density at radius 2 is 1.87 bits per heavy atom. The molecule has 0 N–H and O–H groups in total. The van der Waals surface area contributed by atoms with Gasteiger partial charge in [0.25, 0.3) is 6.47 Å². The molecule has 0 aromatic heterocycles. The summed E-state index contributed by atoms with van der Waals surface area (Å²) in [6.45, 7) is 6.63. The van der Waals surface area contributed by atoms with Crippen LogP contribution in [0.5, 0.6) is 5.75 Å². The molecule has 23 heavy (non-hydrogen) atoms. The maximum atomic E-state index is 13.6. The first-order chi connectivity index (χ1) is 10.7. The highest BCUT2D eigenvalue weighted by Gasteiger charge is 2.38. The fourth-order valence-electron chi connectivity index (χ4n) is 2.12. The van der Waals surface area contributed by atoms with Crippen LogP contribution in [0.3, 0.4) is 0 Å². The lowest BCUT2D eigenvalue weighted by Crippen LogP contribution is -2.14. The maximum Gasteiger partial charge on any atom is 0.417 e. The number of allylic oxidation sites excluding steroid dienone is 6. The van der Waals surface area contributed by atoms with Gasteiger partial charge in [0, 0.05) is 5.56 Å². The van der Waals surface area contributed by atoms with E-state index in [0.29, 0.717) is 11.1 Å². The predicted molar refractivity (Wildman–Crippen MR) is 85.1 cm³/mol. The minimum atomic E-state index is -4.58. The summed E-state index contributed by atoms with van der Waals surface area (Å²) in [7, 11) is 0. The third-order valence-corrected chi connectivity index (χ3v) is 3.37. The van der Waals surface area contributed by atoms with E-state index < -0.39 is 11.7 Å². The van der Waals surface area contributed by atoms with Crippen molar-refractivity contribution in [1.29, 1.82) is 0 Å². The lowest BCUT2D eigenvalue weighted by atomic mass is 9.94. The number of carbonyl (C=O) groups is 1. The number of aryl methyl sites for hydroxylation is 1. The van der Waals surface area contributed by atoms with Crippen LogP contribution < -0.4 is 4.74 Å². The van der Waals surface area contributed by atoms with Gasteiger partial charge in [0.05, 0.1) is 5.57 Å². The normalized spacial score (nSPS) is 14.0. The van der Waals surface area contributed by atoms with E-state index in [-0.39, 0.29) is 23.4 Å². The van der Waals surface area contributed by atoms with Crippen molar-refractivity contribution in [1.82, 2.24) is 0 Å². The van der Waals surface area contributed by atoms with Crippen molar-refractivity contribution in [2.24, 2.45) is 0 Å². The summed E-state index contributed by atoms with van der Waals surface area (Å²) in [5, 5.41) is 0. The molecule has 0 fully saturated rings. The standard InChI is InChI=1S/C18H19F3O2/c1-5-6-7-13(3)14(4)17(18(19,20)21)15-9-8-12(2)10-16(15)23-11-22/h5-11H,1-4H3/b6-5-,13-7+,17-14-. The number of hydrogen-bond donors (Lipinski definition) is 0. The van der Waals surface area contributed by atoms with Gasteiger partial charge in [-0.05, 0) is 50.5 Å². The molecule has 0 spiro atoms. The van der Waals surface area contributed by atoms with Crippen LogP contribution in [-0.2, 0) is 4.79 Å². The molecule has 1 rings (SSSR count). The summed E-state index contributed by atoms with van der Waals surface area (Å²) in [6.07, 6.45) is 0.433. The molecule has 0 unspecified atom stereocenters. The van der Waals surface area contributed by atoms with Crippen LogP contribution in [0.4, 0.5) is 13.2 Å². The Balaban J connectivity index is 3.66. The highest BCUT2D eigenvalue weighted by atomic mass is 19.4. The first-order valence-electron chi connectivity index (χ1n) is 7.01. The molecule has 0 saturated carbocycles. The molecule has 0 amide bonds. The summed E-state index contributed by atoms with van der Waals surface area (Å²) in [5.74, 6) is -0.106. The molecule has 0 aliphatic carbocycles. The van der Waals surface area contributed by atoms with Gasteiger partial charge in [-0.2, -0.15) is 13.2 Å². The molecule has 0 heterocycles. The minimum Gasteiger partial charge on any atom is -0.428 e. The molecule has 0 aliphatic heterocycles. The number of alkyl halides is 3. The second-order valence-corrected chi connectivity index (χ2v) is 5.09. The van der Waals surface area contributed by atoms with Gasteiger partial charge in [0.15, 0.2) is 0 Å². The Bertz CT molecular complexity index is 665. The van der Waals surface area contributed by atoms with Gasteiger partial charge in [0.2, 0.25) is 0 Å². The molecule has 0 aliphatic rings. The van der Waals surface area contributed by atoms with Crippen molar-refractivity contribution in [2.75, 3.05) is 0 Å². The maximum absolute atomic E-state index is 13.6. The number of benzene rings is 1. The van der Waals surface area contributed by atoms with E-state index in [4.69, 9.17) is 4.74 Å². The molecular formula is C18H19F3O2. The van der Waals surface area contributed by atoms with Gasteiger partial charge in [-0.3, -0.25) is 4.79 Å². The summed E-state index contributed by atoms with van der Waals surface area (Å²) in [4.78, 5) is 10.6. The third kappa shape index (κ3) is 4.84. The largest absolute Gasteiger partial charge is 0.428 e. The Kier molecular flexibility index (Phi) is 6.37. The van der Waals surface area contributed by atoms with Crippen molar-refractivity contribution in [3.8, 4) is 5.75 Å². The smallest absolute Gasteiger partial charge is 0.417 e. The minimum absolute atomic E-state index is 0.0789. The third-order valence-electron chi connectivity index (χ3n) is 3.37. The van der Waals surface area contributed by atoms with Crippen LogP contribution in [-0.4, -0.2) is 12.6 Å². The predicted octanol–water partition coefficient (Wildman–Crippen LogP) is 5.39. The number of halogens is 3. The second-order valence-electron chi connectivity index (χ2n) is 5.09. The lowest BCUT2D eigenvalue weighted by Gasteiger charge is -2.19. The van der Waals surface area contributed by atoms with Gasteiger partial charge in [-0.15, -0.1) is 0 Å². The monoisotopic (exact) mass is 324 g/mol. The van der Waals surface area contributed by atoms with Crippen molar-refractivity contribution >= 4 is 12.0 Å². The quantitative estimate of drug-likeness (QED) is 0.536. The summed E-state index contributed by atoms with van der Waals surface area (Å²) < 4.78 is 45.6. The molecular weight excluding hydrogens is 305 g/mol. The fourth-order valence-corrected chi connectivity index (χ4v) is 2.12. The zero-order chi connectivity index (χ0) is 17.6. The van der Waals surface area contributed by atoms with Gasteiger partial charge in [-0.25, -0.2) is 0 Å². The molecule has 124 valence electrons. The molecule has 0 saturated heterocycles. The number of ether oxygens (including phenoxy) is 1. The fraction of sp³-hybridized carbons (Fsp3) is 0.278.